The molecule has 8 heteroatoms. The minimum Gasteiger partial charge on any atom is -0.497 e. The molecule has 1 aliphatic carbocycles. The van der Waals surface area contributed by atoms with E-state index in [9.17, 15) is 19.5 Å². The summed E-state index contributed by atoms with van der Waals surface area (Å²) in [5.41, 5.74) is 4.23. The first-order valence-corrected chi connectivity index (χ1v) is 12.8. The van der Waals surface area contributed by atoms with E-state index in [1.54, 1.807) is 18.1 Å². The van der Waals surface area contributed by atoms with Crippen LogP contribution in [0.1, 0.15) is 48.8 Å². The van der Waals surface area contributed by atoms with Gasteiger partial charge in [0.25, 0.3) is 0 Å². The number of allylic oxidation sites excluding steroid dienone is 1. The number of anilines is 2. The van der Waals surface area contributed by atoms with Crippen LogP contribution < -0.4 is 15.0 Å². The van der Waals surface area contributed by atoms with Gasteiger partial charge in [0.05, 0.1) is 30.9 Å². The number of nitrogens with zero attached hydrogens (tertiary/aromatic N) is 1. The smallest absolute Gasteiger partial charge is 0.303 e. The zero-order valence-electron chi connectivity index (χ0n) is 20.8. The molecule has 0 radical (unpaired) electrons. The van der Waals surface area contributed by atoms with E-state index in [-0.39, 0.29) is 36.9 Å². The molecule has 0 saturated heterocycles. The largest absolute Gasteiger partial charge is 0.497 e. The van der Waals surface area contributed by atoms with Crippen LogP contribution in [-0.4, -0.2) is 29.9 Å². The molecular formula is C30H27ClN2O5. The van der Waals surface area contributed by atoms with Crippen LogP contribution in [0.2, 0.25) is 5.02 Å². The van der Waals surface area contributed by atoms with Gasteiger partial charge in [-0.2, -0.15) is 0 Å². The number of carbonyl (C=O) groups is 3. The Kier molecular flexibility index (Phi) is 7.20. The highest BCUT2D eigenvalue weighted by molar-refractivity contribution is 6.30. The highest BCUT2D eigenvalue weighted by Crippen LogP contribution is 2.48. The van der Waals surface area contributed by atoms with Gasteiger partial charge < -0.3 is 15.2 Å². The van der Waals surface area contributed by atoms with Gasteiger partial charge in [-0.05, 0) is 59.9 Å². The summed E-state index contributed by atoms with van der Waals surface area (Å²) < 4.78 is 5.46. The van der Waals surface area contributed by atoms with Crippen LogP contribution in [0.3, 0.4) is 0 Å². The molecule has 0 aromatic heterocycles. The van der Waals surface area contributed by atoms with Crippen LogP contribution in [-0.2, 0) is 14.4 Å². The second-order valence-electron chi connectivity index (χ2n) is 9.45. The van der Waals surface area contributed by atoms with Crippen molar-refractivity contribution in [2.45, 2.75) is 37.6 Å². The highest BCUT2D eigenvalue weighted by atomic mass is 35.5. The van der Waals surface area contributed by atoms with Crippen molar-refractivity contribution < 1.29 is 24.2 Å². The van der Waals surface area contributed by atoms with Crippen molar-refractivity contribution in [3.05, 3.63) is 100 Å². The second kappa shape index (κ2) is 10.7. The van der Waals surface area contributed by atoms with Crippen LogP contribution in [0.15, 0.2) is 84.1 Å². The number of ether oxygens (including phenoxy) is 1. The summed E-state index contributed by atoms with van der Waals surface area (Å²) in [7, 11) is 1.56. The van der Waals surface area contributed by atoms with Crippen molar-refractivity contribution in [3.8, 4) is 5.75 Å². The molecule has 5 rings (SSSR count). The number of nitrogens with one attached hydrogen (secondary N) is 1. The van der Waals surface area contributed by atoms with E-state index in [1.807, 2.05) is 66.7 Å². The van der Waals surface area contributed by atoms with Gasteiger partial charge >= 0.3 is 5.97 Å². The number of fused-ring (bicyclic) bond motifs is 1. The number of hydrogen-bond donors (Lipinski definition) is 2. The van der Waals surface area contributed by atoms with E-state index in [1.165, 1.54) is 0 Å². The number of carboxylic acid groups (broad SMARTS) is 1. The van der Waals surface area contributed by atoms with Crippen LogP contribution in [0.5, 0.6) is 5.75 Å². The molecule has 2 aliphatic rings. The third kappa shape index (κ3) is 5.02. The van der Waals surface area contributed by atoms with Crippen molar-refractivity contribution in [1.82, 2.24) is 0 Å². The Morgan fingerprint density at radius 3 is 2.50 bits per heavy atom. The Labute approximate surface area is 225 Å². The molecular weight excluding hydrogens is 504 g/mol. The fourth-order valence-corrected chi connectivity index (χ4v) is 5.42. The van der Waals surface area contributed by atoms with Gasteiger partial charge in [-0.3, -0.25) is 19.3 Å². The SMILES string of the molecule is COc1cccc([C@@H]2C3=C(C[C@H](c4ccc(Cl)cc4)CC3=O)Nc3ccccc3N2C(=O)CCC(=O)O)c1. The third-order valence-corrected chi connectivity index (χ3v) is 7.31. The molecule has 2 atom stereocenters. The fourth-order valence-electron chi connectivity index (χ4n) is 5.30. The topological polar surface area (TPSA) is 95.9 Å². The van der Waals surface area contributed by atoms with Gasteiger partial charge in [-0.15, -0.1) is 0 Å². The van der Waals surface area contributed by atoms with E-state index >= 15 is 0 Å². The van der Waals surface area contributed by atoms with Gasteiger partial charge in [0.15, 0.2) is 5.78 Å². The fraction of sp³-hybridized carbons (Fsp3) is 0.233. The van der Waals surface area contributed by atoms with Gasteiger partial charge in [0.2, 0.25) is 5.91 Å². The van der Waals surface area contributed by atoms with Crippen molar-refractivity contribution in [3.63, 3.8) is 0 Å². The standard InChI is InChI=1S/C30H27ClN2O5/c1-38-22-6-4-5-19(15-22)30-29-24(16-20(17-26(29)34)18-9-11-21(31)12-10-18)32-23-7-2-3-8-25(23)33(30)27(35)13-14-28(36)37/h2-12,15,20,30,32H,13-14,16-17H2,1H3,(H,36,37)/t20-,30+/m0/s1. The molecule has 0 spiro atoms. The molecule has 1 amide bonds. The van der Waals surface area contributed by atoms with Crippen LogP contribution in [0.4, 0.5) is 11.4 Å². The predicted octanol–water partition coefficient (Wildman–Crippen LogP) is 6.11. The molecule has 0 unspecified atom stereocenters. The molecule has 1 aliphatic heterocycles. The van der Waals surface area contributed by atoms with Crippen LogP contribution in [0, 0.1) is 0 Å². The number of carbonyl (C=O) groups excluding carboxylic acids is 2. The summed E-state index contributed by atoms with van der Waals surface area (Å²) in [5, 5.41) is 13.4. The van der Waals surface area contributed by atoms with Gasteiger partial charge in [0, 0.05) is 29.1 Å². The zero-order valence-corrected chi connectivity index (χ0v) is 21.6. The average molecular weight is 531 g/mol. The first kappa shape index (κ1) is 25.5. The van der Waals surface area contributed by atoms with Crippen molar-refractivity contribution in [2.75, 3.05) is 17.3 Å². The van der Waals surface area contributed by atoms with E-state index in [0.717, 1.165) is 11.3 Å². The lowest BCUT2D eigenvalue weighted by Crippen LogP contribution is -2.38. The molecule has 38 heavy (non-hydrogen) atoms. The summed E-state index contributed by atoms with van der Waals surface area (Å²) in [5.74, 6) is -0.975. The van der Waals surface area contributed by atoms with Crippen LogP contribution in [0.25, 0.3) is 0 Å². The number of rotatable bonds is 6. The molecule has 0 fully saturated rings. The normalized spacial score (nSPS) is 18.7. The molecule has 194 valence electrons. The third-order valence-electron chi connectivity index (χ3n) is 7.06. The Morgan fingerprint density at radius 2 is 1.76 bits per heavy atom. The quantitative estimate of drug-likeness (QED) is 0.399. The lowest BCUT2D eigenvalue weighted by molar-refractivity contribution is -0.138. The Hall–Kier alpha value is -4.10. The minimum atomic E-state index is -1.06. The van der Waals surface area contributed by atoms with Gasteiger partial charge in [0.1, 0.15) is 5.75 Å². The minimum absolute atomic E-state index is 0.0570. The number of ketones is 1. The maximum absolute atomic E-state index is 14.0. The maximum Gasteiger partial charge on any atom is 0.303 e. The predicted molar refractivity (Wildman–Crippen MR) is 146 cm³/mol. The first-order valence-electron chi connectivity index (χ1n) is 12.4. The van der Waals surface area contributed by atoms with E-state index in [0.29, 0.717) is 39.7 Å². The number of para-hydroxylation sites is 2. The highest BCUT2D eigenvalue weighted by Gasteiger charge is 2.41. The summed E-state index contributed by atoms with van der Waals surface area (Å²) in [6.45, 7) is 0. The second-order valence-corrected chi connectivity index (χ2v) is 9.89. The van der Waals surface area contributed by atoms with Gasteiger partial charge in [-0.25, -0.2) is 0 Å². The summed E-state index contributed by atoms with van der Waals surface area (Å²) in [6, 6.07) is 21.4. The molecule has 3 aromatic carbocycles. The zero-order chi connectivity index (χ0) is 26.8. The van der Waals surface area contributed by atoms with Crippen molar-refractivity contribution >= 4 is 40.6 Å². The Morgan fingerprint density at radius 1 is 1.00 bits per heavy atom. The molecule has 7 nitrogen and oxygen atoms in total. The summed E-state index contributed by atoms with van der Waals surface area (Å²) in [6.07, 6.45) is 0.327. The molecule has 3 aromatic rings. The van der Waals surface area contributed by atoms with E-state index < -0.39 is 12.0 Å². The number of aliphatic carboxylic acids is 1. The number of amides is 1. The van der Waals surface area contributed by atoms with Crippen molar-refractivity contribution in [1.29, 1.82) is 0 Å². The number of benzene rings is 3. The molecule has 1 heterocycles. The van der Waals surface area contributed by atoms with Crippen molar-refractivity contribution in [2.24, 2.45) is 0 Å². The molecule has 0 saturated carbocycles. The monoisotopic (exact) mass is 530 g/mol. The number of methoxy groups -OCH3 is 1. The molecule has 0 bridgehead atoms. The first-order chi connectivity index (χ1) is 18.4. The lowest BCUT2D eigenvalue weighted by atomic mass is 9.78. The van der Waals surface area contributed by atoms with E-state index in [2.05, 4.69) is 5.32 Å². The van der Waals surface area contributed by atoms with Crippen LogP contribution >= 0.6 is 11.6 Å². The Balaban J connectivity index is 1.68. The number of Topliss-reactive ketones (excluding diaryl/α,β-unsaturated/α-hetero) is 1. The summed E-state index contributed by atoms with van der Waals surface area (Å²) in [4.78, 5) is 40.6. The van der Waals surface area contributed by atoms with E-state index in [4.69, 9.17) is 16.3 Å². The van der Waals surface area contributed by atoms with Gasteiger partial charge in [-0.1, -0.05) is 48.0 Å². The lowest BCUT2D eigenvalue weighted by Gasteiger charge is -2.35. The number of carboxylic acids is 1. The Bertz CT molecular complexity index is 1430. The number of halogens is 1. The number of hydrogen-bond acceptors (Lipinski definition) is 5. The maximum atomic E-state index is 14.0. The summed E-state index contributed by atoms with van der Waals surface area (Å²) >= 11 is 6.10. The average Bonchev–Trinajstić information content (AvgIpc) is 3.07. The molecule has 2 N–H and O–H groups in total.